The molecule has 1 aromatic carbocycles. The van der Waals surface area contributed by atoms with Gasteiger partial charge in [0.15, 0.2) is 5.58 Å². The Hall–Kier alpha value is -1.33. The van der Waals surface area contributed by atoms with Crippen LogP contribution in [0.4, 0.5) is 5.00 Å². The lowest BCUT2D eigenvalue weighted by Crippen LogP contribution is -1.88. The molecule has 2 aromatic heterocycles. The maximum atomic E-state index is 6.15. The van der Waals surface area contributed by atoms with Crippen molar-refractivity contribution in [1.29, 1.82) is 0 Å². The molecule has 1 aliphatic carbocycles. The fourth-order valence-corrected chi connectivity index (χ4v) is 4.27. The minimum Gasteiger partial charge on any atom is -0.435 e. The topological polar surface area (TPSA) is 52.0 Å². The van der Waals surface area contributed by atoms with Crippen molar-refractivity contribution in [2.45, 2.75) is 19.3 Å². The second-order valence-corrected chi connectivity index (χ2v) is 6.69. The van der Waals surface area contributed by atoms with Crippen LogP contribution in [0.25, 0.3) is 22.6 Å². The highest BCUT2D eigenvalue weighted by Gasteiger charge is 2.25. The molecule has 19 heavy (non-hydrogen) atoms. The molecule has 96 valence electrons. The predicted molar refractivity (Wildman–Crippen MR) is 81.5 cm³/mol. The molecule has 0 atom stereocenters. The molecule has 2 N–H and O–H groups in total. The van der Waals surface area contributed by atoms with Crippen LogP contribution in [0.2, 0.25) is 0 Å². The van der Waals surface area contributed by atoms with Gasteiger partial charge in [-0.2, -0.15) is 0 Å². The molecule has 3 aromatic rings. The molecule has 0 bridgehead atoms. The lowest BCUT2D eigenvalue weighted by molar-refractivity contribution is 0.618. The highest BCUT2D eigenvalue weighted by Crippen LogP contribution is 2.44. The van der Waals surface area contributed by atoms with Gasteiger partial charge in [-0.25, -0.2) is 4.98 Å². The first-order valence-corrected chi connectivity index (χ1v) is 7.80. The molecular formula is C14H11BrN2OS. The Morgan fingerprint density at radius 1 is 1.32 bits per heavy atom. The number of fused-ring (bicyclic) bond motifs is 2. The third kappa shape index (κ3) is 1.65. The number of nitrogens with zero attached hydrogens (tertiary/aromatic N) is 1. The van der Waals surface area contributed by atoms with Crippen molar-refractivity contribution in [3.63, 3.8) is 0 Å². The number of para-hydroxylation sites is 1. The van der Waals surface area contributed by atoms with Crippen molar-refractivity contribution < 1.29 is 4.42 Å². The number of aryl methyl sites for hydroxylation is 1. The van der Waals surface area contributed by atoms with Gasteiger partial charge in [0.25, 0.3) is 0 Å². The first-order valence-electron chi connectivity index (χ1n) is 6.19. The summed E-state index contributed by atoms with van der Waals surface area (Å²) in [6.45, 7) is 0. The lowest BCUT2D eigenvalue weighted by atomic mass is 10.1. The van der Waals surface area contributed by atoms with Crippen LogP contribution in [0.5, 0.6) is 0 Å². The van der Waals surface area contributed by atoms with E-state index >= 15 is 0 Å². The number of rotatable bonds is 1. The first-order chi connectivity index (χ1) is 9.24. The van der Waals surface area contributed by atoms with Crippen molar-refractivity contribution in [3.05, 3.63) is 33.1 Å². The van der Waals surface area contributed by atoms with Gasteiger partial charge in [-0.05, 0) is 52.9 Å². The van der Waals surface area contributed by atoms with E-state index in [2.05, 4.69) is 20.9 Å². The summed E-state index contributed by atoms with van der Waals surface area (Å²) in [6.07, 6.45) is 3.42. The zero-order chi connectivity index (χ0) is 13.0. The molecule has 0 radical (unpaired) electrons. The van der Waals surface area contributed by atoms with Crippen LogP contribution in [0.3, 0.4) is 0 Å². The summed E-state index contributed by atoms with van der Waals surface area (Å²) < 4.78 is 6.84. The monoisotopic (exact) mass is 334 g/mol. The standard InChI is InChI=1S/C14H11BrN2OS/c15-8-4-2-5-9-12(8)18-14(17-9)11-7-3-1-6-10(7)19-13(11)16/h2,4-5H,1,3,6,16H2. The number of hydrogen-bond acceptors (Lipinski definition) is 4. The number of thiophene rings is 1. The first kappa shape index (κ1) is 11.5. The average Bonchev–Trinajstić information content (AvgIpc) is 3.02. The number of aromatic nitrogens is 1. The number of benzene rings is 1. The van der Waals surface area contributed by atoms with Crippen LogP contribution < -0.4 is 5.73 Å². The Bertz CT molecular complexity index is 790. The van der Waals surface area contributed by atoms with E-state index in [0.717, 1.165) is 39.0 Å². The van der Waals surface area contributed by atoms with E-state index in [1.807, 2.05) is 18.2 Å². The van der Waals surface area contributed by atoms with E-state index in [4.69, 9.17) is 10.2 Å². The van der Waals surface area contributed by atoms with Gasteiger partial charge in [-0.1, -0.05) is 6.07 Å². The third-order valence-corrected chi connectivity index (χ3v) is 5.27. The number of nitrogen functional groups attached to an aromatic ring is 1. The average molecular weight is 335 g/mol. The normalized spacial score (nSPS) is 14.2. The van der Waals surface area contributed by atoms with E-state index in [1.165, 1.54) is 16.9 Å². The van der Waals surface area contributed by atoms with Gasteiger partial charge in [0.2, 0.25) is 5.89 Å². The summed E-state index contributed by atoms with van der Waals surface area (Å²) in [6, 6.07) is 5.87. The van der Waals surface area contributed by atoms with Crippen molar-refractivity contribution >= 4 is 43.4 Å². The third-order valence-electron chi connectivity index (χ3n) is 3.53. The zero-order valence-corrected chi connectivity index (χ0v) is 12.5. The minimum absolute atomic E-state index is 0.652. The molecule has 0 saturated heterocycles. The molecule has 4 rings (SSSR count). The van der Waals surface area contributed by atoms with Gasteiger partial charge in [0, 0.05) is 4.88 Å². The van der Waals surface area contributed by atoms with E-state index in [0.29, 0.717) is 5.89 Å². The van der Waals surface area contributed by atoms with Gasteiger partial charge in [0.05, 0.1) is 15.0 Å². The Kier molecular flexibility index (Phi) is 2.47. The largest absolute Gasteiger partial charge is 0.435 e. The van der Waals surface area contributed by atoms with E-state index in [1.54, 1.807) is 11.3 Å². The molecule has 2 heterocycles. The molecule has 0 spiro atoms. The number of halogens is 1. The fourth-order valence-electron chi connectivity index (χ4n) is 2.68. The van der Waals surface area contributed by atoms with Gasteiger partial charge in [-0.15, -0.1) is 11.3 Å². The Morgan fingerprint density at radius 2 is 2.21 bits per heavy atom. The predicted octanol–water partition coefficient (Wildman–Crippen LogP) is 4.39. The van der Waals surface area contributed by atoms with Crippen LogP contribution in [0, 0.1) is 0 Å². The second kappa shape index (κ2) is 4.08. The van der Waals surface area contributed by atoms with Crippen molar-refractivity contribution in [2.24, 2.45) is 0 Å². The van der Waals surface area contributed by atoms with Gasteiger partial charge in [-0.3, -0.25) is 0 Å². The van der Waals surface area contributed by atoms with Gasteiger partial charge < -0.3 is 10.2 Å². The minimum atomic E-state index is 0.652. The molecular weight excluding hydrogens is 324 g/mol. The number of oxazole rings is 1. The molecule has 0 unspecified atom stereocenters. The number of hydrogen-bond donors (Lipinski definition) is 1. The van der Waals surface area contributed by atoms with Crippen LogP contribution in [0.15, 0.2) is 27.1 Å². The number of anilines is 1. The van der Waals surface area contributed by atoms with E-state index in [-0.39, 0.29) is 0 Å². The van der Waals surface area contributed by atoms with Crippen LogP contribution >= 0.6 is 27.3 Å². The Morgan fingerprint density at radius 3 is 3.05 bits per heavy atom. The molecule has 0 amide bonds. The maximum Gasteiger partial charge on any atom is 0.230 e. The quantitative estimate of drug-likeness (QED) is 0.717. The van der Waals surface area contributed by atoms with E-state index < -0.39 is 0 Å². The molecule has 1 aliphatic rings. The highest BCUT2D eigenvalue weighted by molar-refractivity contribution is 9.10. The van der Waals surface area contributed by atoms with Crippen LogP contribution in [0.1, 0.15) is 16.9 Å². The molecule has 3 nitrogen and oxygen atoms in total. The maximum absolute atomic E-state index is 6.15. The second-order valence-electron chi connectivity index (χ2n) is 4.70. The van der Waals surface area contributed by atoms with E-state index in [9.17, 15) is 0 Å². The highest BCUT2D eigenvalue weighted by atomic mass is 79.9. The summed E-state index contributed by atoms with van der Waals surface area (Å²) in [4.78, 5) is 5.98. The van der Waals surface area contributed by atoms with Gasteiger partial charge in [0.1, 0.15) is 5.52 Å². The smallest absolute Gasteiger partial charge is 0.230 e. The Balaban J connectivity index is 1.98. The Labute approximate surface area is 122 Å². The van der Waals surface area contributed by atoms with Crippen molar-refractivity contribution in [3.8, 4) is 11.5 Å². The SMILES string of the molecule is Nc1sc2c(c1-c1nc3cccc(Br)c3o1)CCC2. The van der Waals surface area contributed by atoms with Crippen molar-refractivity contribution in [1.82, 2.24) is 4.98 Å². The van der Waals surface area contributed by atoms with Crippen LogP contribution in [-0.2, 0) is 12.8 Å². The number of nitrogens with two attached hydrogens (primary N) is 1. The summed E-state index contributed by atoms with van der Waals surface area (Å²) >= 11 is 5.17. The zero-order valence-electron chi connectivity index (χ0n) is 10.1. The fraction of sp³-hybridized carbons (Fsp3) is 0.214. The molecule has 0 saturated carbocycles. The summed E-state index contributed by atoms with van der Waals surface area (Å²) in [7, 11) is 0. The summed E-state index contributed by atoms with van der Waals surface area (Å²) in [5.74, 6) is 0.652. The summed E-state index contributed by atoms with van der Waals surface area (Å²) in [5.41, 5.74) is 10.2. The van der Waals surface area contributed by atoms with Gasteiger partial charge >= 0.3 is 0 Å². The molecule has 0 aliphatic heterocycles. The lowest BCUT2D eigenvalue weighted by Gasteiger charge is -1.97. The van der Waals surface area contributed by atoms with Crippen LogP contribution in [-0.4, -0.2) is 4.98 Å². The molecule has 5 heteroatoms. The summed E-state index contributed by atoms with van der Waals surface area (Å²) in [5, 5.41) is 0.826. The molecule has 0 fully saturated rings. The van der Waals surface area contributed by atoms with Crippen molar-refractivity contribution in [2.75, 3.05) is 5.73 Å².